The molecule has 10 nitrogen and oxygen atoms in total. The lowest BCUT2D eigenvalue weighted by atomic mass is 9.81. The predicted molar refractivity (Wildman–Crippen MR) is 120 cm³/mol. The second-order valence-electron chi connectivity index (χ2n) is 8.93. The van der Waals surface area contributed by atoms with Crippen LogP contribution in [0, 0.1) is 11.8 Å². The number of carbonyl (C=O) groups excluding carboxylic acids is 4. The number of imide groups is 1. The lowest BCUT2D eigenvalue weighted by Gasteiger charge is -2.34. The number of piperazine rings is 1. The van der Waals surface area contributed by atoms with Gasteiger partial charge in [0, 0.05) is 26.2 Å². The number of fused-ring (bicyclic) bond motifs is 1. The van der Waals surface area contributed by atoms with Crippen molar-refractivity contribution in [3.63, 3.8) is 0 Å². The molecule has 3 atom stereocenters. The van der Waals surface area contributed by atoms with Crippen LogP contribution < -0.4 is 0 Å². The largest absolute Gasteiger partial charge is 0.454 e. The molecule has 0 radical (unpaired) electrons. The Morgan fingerprint density at radius 3 is 2.09 bits per heavy atom. The number of nitrogens with zero attached hydrogens (tertiary/aromatic N) is 3. The van der Waals surface area contributed by atoms with Gasteiger partial charge in [0.2, 0.25) is 21.8 Å². The van der Waals surface area contributed by atoms with E-state index in [1.54, 1.807) is 18.2 Å². The lowest BCUT2D eigenvalue weighted by molar-refractivity contribution is -0.161. The third kappa shape index (κ3) is 4.58. The van der Waals surface area contributed by atoms with E-state index in [0.29, 0.717) is 12.8 Å². The number of sulfonamides is 1. The fraction of sp³-hybridized carbons (Fsp3) is 0.565. The third-order valence-corrected chi connectivity index (χ3v) is 8.83. The van der Waals surface area contributed by atoms with Gasteiger partial charge >= 0.3 is 5.97 Å². The average molecular weight is 492 g/mol. The molecule has 34 heavy (non-hydrogen) atoms. The van der Waals surface area contributed by atoms with Gasteiger partial charge in [0.1, 0.15) is 6.04 Å². The Morgan fingerprint density at radius 2 is 1.53 bits per heavy atom. The van der Waals surface area contributed by atoms with Crippen molar-refractivity contribution in [1.29, 1.82) is 0 Å². The molecule has 0 bridgehead atoms. The average Bonchev–Trinajstić information content (AvgIpc) is 3.12. The van der Waals surface area contributed by atoms with Crippen LogP contribution in [0.15, 0.2) is 35.2 Å². The molecule has 0 spiro atoms. The number of hydrogen-bond donors (Lipinski definition) is 0. The zero-order valence-electron chi connectivity index (χ0n) is 19.1. The molecule has 3 fully saturated rings. The van der Waals surface area contributed by atoms with Crippen LogP contribution >= 0.6 is 0 Å². The van der Waals surface area contributed by atoms with Gasteiger partial charge in [-0.15, -0.1) is 0 Å². The van der Waals surface area contributed by atoms with Crippen LogP contribution in [0.2, 0.25) is 0 Å². The van der Waals surface area contributed by atoms with E-state index in [1.807, 2.05) is 0 Å². The summed E-state index contributed by atoms with van der Waals surface area (Å²) in [6.45, 7) is 1.51. The maximum Gasteiger partial charge on any atom is 0.329 e. The standard InChI is InChI=1S/C23H29N3O7S/c1-16(26-21(28)18-9-5-6-10-19(18)22(26)29)23(30)33-15-20(27)24-11-13-25(14-12-24)34(31,32)17-7-3-2-4-8-17/h2-4,7-8,16,18-19H,5-6,9-15H2,1H3/t16-,18?,19?/m0/s1. The van der Waals surface area contributed by atoms with Gasteiger partial charge in [-0.3, -0.25) is 19.3 Å². The van der Waals surface area contributed by atoms with Gasteiger partial charge in [-0.05, 0) is 31.9 Å². The molecule has 1 aromatic rings. The van der Waals surface area contributed by atoms with Crippen LogP contribution in [0.25, 0.3) is 0 Å². The molecule has 2 unspecified atom stereocenters. The van der Waals surface area contributed by atoms with Gasteiger partial charge in [0.25, 0.3) is 5.91 Å². The number of esters is 1. The summed E-state index contributed by atoms with van der Waals surface area (Å²) in [7, 11) is -3.64. The first-order chi connectivity index (χ1) is 16.2. The number of rotatable bonds is 6. The van der Waals surface area contributed by atoms with Crippen molar-refractivity contribution < 1.29 is 32.3 Å². The SMILES string of the molecule is C[C@@H](C(=O)OCC(=O)N1CCN(S(=O)(=O)c2ccccc2)CC1)N1C(=O)C2CCCCC2C1=O. The van der Waals surface area contributed by atoms with Gasteiger partial charge in [0.05, 0.1) is 16.7 Å². The number of carbonyl (C=O) groups is 4. The molecule has 0 aromatic heterocycles. The van der Waals surface area contributed by atoms with E-state index < -0.39 is 34.5 Å². The molecule has 1 aromatic carbocycles. The Kier molecular flexibility index (Phi) is 7.04. The minimum Gasteiger partial charge on any atom is -0.454 e. The molecular weight excluding hydrogens is 462 g/mol. The monoisotopic (exact) mass is 491 g/mol. The summed E-state index contributed by atoms with van der Waals surface area (Å²) in [5, 5.41) is 0. The van der Waals surface area contributed by atoms with Crippen LogP contribution in [0.5, 0.6) is 0 Å². The summed E-state index contributed by atoms with van der Waals surface area (Å²) < 4.78 is 31.9. The fourth-order valence-corrected chi connectivity index (χ4v) is 6.38. The smallest absolute Gasteiger partial charge is 0.329 e. The van der Waals surface area contributed by atoms with Crippen molar-refractivity contribution in [2.75, 3.05) is 32.8 Å². The highest BCUT2D eigenvalue weighted by atomic mass is 32.2. The van der Waals surface area contributed by atoms with Crippen LogP contribution in [0.3, 0.4) is 0 Å². The van der Waals surface area contributed by atoms with E-state index in [4.69, 9.17) is 4.74 Å². The number of benzene rings is 1. The summed E-state index contributed by atoms with van der Waals surface area (Å²) in [5.41, 5.74) is 0. The van der Waals surface area contributed by atoms with E-state index >= 15 is 0 Å². The van der Waals surface area contributed by atoms with Gasteiger partial charge in [-0.2, -0.15) is 4.31 Å². The molecule has 2 saturated heterocycles. The van der Waals surface area contributed by atoms with Crippen LogP contribution in [0.4, 0.5) is 0 Å². The highest BCUT2D eigenvalue weighted by molar-refractivity contribution is 7.89. The minimum atomic E-state index is -3.64. The molecule has 2 heterocycles. The molecule has 3 aliphatic rings. The number of ether oxygens (including phenoxy) is 1. The zero-order chi connectivity index (χ0) is 24.5. The summed E-state index contributed by atoms with van der Waals surface area (Å²) in [6, 6.07) is 7.00. The molecule has 184 valence electrons. The second kappa shape index (κ2) is 9.83. The van der Waals surface area contributed by atoms with Crippen molar-refractivity contribution in [3.05, 3.63) is 30.3 Å². The Morgan fingerprint density at radius 1 is 0.971 bits per heavy atom. The van der Waals surface area contributed by atoms with Gasteiger partial charge in [0.15, 0.2) is 6.61 Å². The highest BCUT2D eigenvalue weighted by Gasteiger charge is 2.51. The first kappa shape index (κ1) is 24.3. The van der Waals surface area contributed by atoms with E-state index in [1.165, 1.54) is 28.3 Å². The van der Waals surface area contributed by atoms with Gasteiger partial charge in [-0.1, -0.05) is 31.0 Å². The molecule has 0 N–H and O–H groups in total. The summed E-state index contributed by atoms with van der Waals surface area (Å²) >= 11 is 0. The number of amides is 3. The van der Waals surface area contributed by atoms with Crippen LogP contribution in [-0.2, 0) is 33.9 Å². The maximum atomic E-state index is 12.7. The zero-order valence-corrected chi connectivity index (χ0v) is 19.9. The Hall–Kier alpha value is -2.79. The molecule has 11 heteroatoms. The number of likely N-dealkylation sites (tertiary alicyclic amines) is 1. The first-order valence-corrected chi connectivity index (χ1v) is 13.0. The van der Waals surface area contributed by atoms with E-state index in [9.17, 15) is 27.6 Å². The maximum absolute atomic E-state index is 12.7. The molecule has 2 aliphatic heterocycles. The highest BCUT2D eigenvalue weighted by Crippen LogP contribution is 2.38. The van der Waals surface area contributed by atoms with Crippen molar-refractivity contribution in [2.24, 2.45) is 11.8 Å². The predicted octanol–water partition coefficient (Wildman–Crippen LogP) is 0.626. The summed E-state index contributed by atoms with van der Waals surface area (Å²) in [4.78, 5) is 53.0. The molecular formula is C23H29N3O7S. The van der Waals surface area contributed by atoms with E-state index in [-0.39, 0.29) is 54.7 Å². The van der Waals surface area contributed by atoms with Crippen molar-refractivity contribution in [1.82, 2.24) is 14.1 Å². The summed E-state index contributed by atoms with van der Waals surface area (Å²) in [6.07, 6.45) is 3.08. The second-order valence-corrected chi connectivity index (χ2v) is 10.9. The molecule has 4 rings (SSSR count). The van der Waals surface area contributed by atoms with Crippen LogP contribution in [0.1, 0.15) is 32.6 Å². The van der Waals surface area contributed by atoms with E-state index in [0.717, 1.165) is 17.7 Å². The van der Waals surface area contributed by atoms with Crippen LogP contribution in [-0.4, -0.2) is 85.0 Å². The topological polar surface area (TPSA) is 121 Å². The lowest BCUT2D eigenvalue weighted by Crippen LogP contribution is -2.51. The fourth-order valence-electron chi connectivity index (χ4n) is 4.94. The van der Waals surface area contributed by atoms with Crippen molar-refractivity contribution >= 4 is 33.7 Å². The van der Waals surface area contributed by atoms with E-state index in [2.05, 4.69) is 0 Å². The normalized spacial score (nSPS) is 24.6. The van der Waals surface area contributed by atoms with Crippen molar-refractivity contribution in [2.45, 2.75) is 43.5 Å². The molecule has 1 saturated carbocycles. The van der Waals surface area contributed by atoms with Gasteiger partial charge in [-0.25, -0.2) is 13.2 Å². The summed E-state index contributed by atoms with van der Waals surface area (Å²) in [5.74, 6) is -2.64. The van der Waals surface area contributed by atoms with Crippen molar-refractivity contribution in [3.8, 4) is 0 Å². The van der Waals surface area contributed by atoms with Gasteiger partial charge < -0.3 is 9.64 Å². The molecule has 3 amide bonds. The Bertz CT molecular complexity index is 1040. The quantitative estimate of drug-likeness (QED) is 0.423. The minimum absolute atomic E-state index is 0.132. The Balaban J connectivity index is 1.28. The Labute approximate surface area is 198 Å². The number of hydrogen-bond acceptors (Lipinski definition) is 7. The molecule has 1 aliphatic carbocycles. The third-order valence-electron chi connectivity index (χ3n) is 6.91. The first-order valence-electron chi connectivity index (χ1n) is 11.6.